The molecule has 0 amide bonds. The molecule has 0 aliphatic carbocycles. The molecule has 0 fully saturated rings. The number of benzene rings is 4. The fraction of sp³-hybridized carbons (Fsp3) is 0. The van der Waals surface area contributed by atoms with Crippen molar-refractivity contribution in [1.29, 1.82) is 0 Å². The van der Waals surface area contributed by atoms with E-state index in [4.69, 9.17) is 0 Å². The fourth-order valence-electron chi connectivity index (χ4n) is 3.38. The summed E-state index contributed by atoms with van der Waals surface area (Å²) >= 11 is 0. The fourth-order valence-corrected chi connectivity index (χ4v) is 7.07. The average Bonchev–Trinajstić information content (AvgIpc) is 2.95. The first-order valence-corrected chi connectivity index (χ1v) is 14.5. The summed E-state index contributed by atoms with van der Waals surface area (Å²) in [5.41, 5.74) is -1.41. The predicted molar refractivity (Wildman–Crippen MR) is 140 cm³/mol. The number of hydrogen-bond acceptors (Lipinski definition) is 6. The molecule has 36 heavy (non-hydrogen) atoms. The Bertz CT molecular complexity index is 1320. The zero-order valence-corrected chi connectivity index (χ0v) is 21.4. The molecule has 4 aromatic rings. The summed E-state index contributed by atoms with van der Waals surface area (Å²) in [7, 11) is -8.13. The lowest BCUT2D eigenvalue weighted by molar-refractivity contribution is 0.107. The van der Waals surface area contributed by atoms with Gasteiger partial charge in [-0.25, -0.2) is 14.4 Å². The van der Waals surface area contributed by atoms with Crippen LogP contribution in [0.25, 0.3) is 0 Å². The minimum atomic E-state index is -2.71. The van der Waals surface area contributed by atoms with E-state index < -0.39 is 40.0 Å². The van der Waals surface area contributed by atoms with Crippen molar-refractivity contribution in [3.63, 3.8) is 0 Å². The van der Waals surface area contributed by atoms with Gasteiger partial charge in [-0.05, 0) is 36.4 Å². The first-order chi connectivity index (χ1) is 17.4. The molecular weight excluding hydrogens is 513 g/mol. The van der Waals surface area contributed by atoms with Gasteiger partial charge in [0.25, 0.3) is 0 Å². The van der Waals surface area contributed by atoms with Crippen LogP contribution in [-0.4, -0.2) is 16.6 Å². The third kappa shape index (κ3) is 5.53. The minimum absolute atomic E-state index is 0.0558. The normalized spacial score (nSPS) is 11.8. The maximum atomic E-state index is 13.2. The van der Waals surface area contributed by atoms with Crippen LogP contribution in [0.3, 0.4) is 0 Å². The van der Waals surface area contributed by atoms with Crippen molar-refractivity contribution in [2.45, 2.75) is 0 Å². The Morgan fingerprint density at radius 1 is 0.389 bits per heavy atom. The number of carbonyl (C=O) groups is 3. The second-order valence-electron chi connectivity index (χ2n) is 7.60. The Morgan fingerprint density at radius 2 is 0.611 bits per heavy atom. The third-order valence-corrected chi connectivity index (χ3v) is 9.27. The Balaban J connectivity index is 1.78. The smallest absolute Gasteiger partial charge is 0.234 e. The van der Waals surface area contributed by atoms with E-state index in [0.29, 0.717) is 0 Å². The summed E-state index contributed by atoms with van der Waals surface area (Å²) in [5, 5.41) is -0.167. The van der Waals surface area contributed by atoms with Gasteiger partial charge in [0.15, 0.2) is 0 Å². The second kappa shape index (κ2) is 11.3. The van der Waals surface area contributed by atoms with E-state index in [0.717, 1.165) is 0 Å². The van der Waals surface area contributed by atoms with Crippen LogP contribution in [-0.2, 0) is 13.7 Å². The van der Waals surface area contributed by atoms with Gasteiger partial charge in [0, 0.05) is 18.2 Å². The maximum Gasteiger partial charge on any atom is 0.458 e. The molecule has 174 valence electrons. The summed E-state index contributed by atoms with van der Waals surface area (Å²) in [6, 6.07) is 27.7. The van der Waals surface area contributed by atoms with Gasteiger partial charge in [0.1, 0.15) is 0 Å². The standard InChI is InChI=1S/C27H18O6P3/c28-25(19-10-4-1-5-11-19)34(31)22-16-23(35(32)26(29)20-12-6-2-7-13-20)18-24(17-22)36(33)27(30)21-14-8-3-9-15-21/h1-18H/q+3. The van der Waals surface area contributed by atoms with Crippen LogP contribution >= 0.6 is 23.4 Å². The van der Waals surface area contributed by atoms with E-state index in [-0.39, 0.29) is 32.6 Å². The van der Waals surface area contributed by atoms with Crippen LogP contribution in [0.1, 0.15) is 31.1 Å². The van der Waals surface area contributed by atoms with Crippen LogP contribution in [0.15, 0.2) is 109 Å². The molecule has 4 aromatic carbocycles. The van der Waals surface area contributed by atoms with E-state index in [9.17, 15) is 28.1 Å². The molecule has 9 heteroatoms. The van der Waals surface area contributed by atoms with Crippen molar-refractivity contribution >= 4 is 55.9 Å². The van der Waals surface area contributed by atoms with Gasteiger partial charge >= 0.3 is 40.0 Å². The van der Waals surface area contributed by atoms with Gasteiger partial charge < -0.3 is 0 Å². The van der Waals surface area contributed by atoms with Crippen LogP contribution in [0, 0.1) is 0 Å². The Kier molecular flexibility index (Phi) is 7.93. The van der Waals surface area contributed by atoms with Crippen molar-refractivity contribution in [3.8, 4) is 0 Å². The molecule has 0 aromatic heterocycles. The molecule has 3 atom stereocenters. The predicted octanol–water partition coefficient (Wildman–Crippen LogP) is 5.57. The third-order valence-electron chi connectivity index (χ3n) is 5.21. The van der Waals surface area contributed by atoms with Gasteiger partial charge in [-0.15, -0.1) is 0 Å². The summed E-state index contributed by atoms with van der Waals surface area (Å²) < 4.78 is 39.6. The SMILES string of the molecule is O=C(c1ccccc1)[P+](=O)c1cc([P+](=O)C(=O)c2ccccc2)cc([P+](=O)C(=O)c2ccccc2)c1. The van der Waals surface area contributed by atoms with Crippen molar-refractivity contribution in [2.75, 3.05) is 0 Å². The van der Waals surface area contributed by atoms with E-state index in [2.05, 4.69) is 0 Å². The van der Waals surface area contributed by atoms with Crippen molar-refractivity contribution < 1.29 is 28.1 Å². The van der Waals surface area contributed by atoms with Gasteiger partial charge in [-0.1, -0.05) is 68.3 Å². The maximum absolute atomic E-state index is 13.2. The molecule has 0 saturated carbocycles. The first kappa shape index (κ1) is 25.3. The average molecular weight is 531 g/mol. The highest BCUT2D eigenvalue weighted by Gasteiger charge is 2.43. The summed E-state index contributed by atoms with van der Waals surface area (Å²) in [4.78, 5) is 38.6. The second-order valence-corrected chi connectivity index (χ2v) is 12.1. The lowest BCUT2D eigenvalue weighted by Gasteiger charge is -1.95. The Labute approximate surface area is 209 Å². The Morgan fingerprint density at radius 3 is 0.833 bits per heavy atom. The summed E-state index contributed by atoms with van der Waals surface area (Å²) in [5.74, 6) is 0. The van der Waals surface area contributed by atoms with Crippen molar-refractivity contribution in [3.05, 3.63) is 126 Å². The highest BCUT2D eigenvalue weighted by Crippen LogP contribution is 2.32. The zero-order valence-electron chi connectivity index (χ0n) is 18.7. The van der Waals surface area contributed by atoms with Crippen LogP contribution < -0.4 is 15.9 Å². The topological polar surface area (TPSA) is 102 Å². The van der Waals surface area contributed by atoms with Crippen LogP contribution in [0.5, 0.6) is 0 Å². The molecule has 6 nitrogen and oxygen atoms in total. The van der Waals surface area contributed by atoms with Crippen molar-refractivity contribution in [2.24, 2.45) is 0 Å². The van der Waals surface area contributed by atoms with Gasteiger partial charge in [-0.2, -0.15) is 0 Å². The molecule has 4 rings (SSSR count). The molecule has 0 radical (unpaired) electrons. The highest BCUT2D eigenvalue weighted by atomic mass is 31.1. The lowest BCUT2D eigenvalue weighted by Crippen LogP contribution is -2.20. The lowest BCUT2D eigenvalue weighted by atomic mass is 10.2. The van der Waals surface area contributed by atoms with Gasteiger partial charge in [0.2, 0.25) is 15.9 Å². The molecule has 0 saturated heterocycles. The molecule has 0 spiro atoms. The number of hydrogen-bond donors (Lipinski definition) is 0. The molecule has 0 bridgehead atoms. The van der Waals surface area contributed by atoms with E-state index in [1.165, 1.54) is 54.6 Å². The van der Waals surface area contributed by atoms with Gasteiger partial charge in [0.05, 0.1) is 16.7 Å². The summed E-state index contributed by atoms with van der Waals surface area (Å²) in [6.07, 6.45) is 0. The highest BCUT2D eigenvalue weighted by molar-refractivity contribution is 7.74. The van der Waals surface area contributed by atoms with Gasteiger partial charge in [-0.3, -0.25) is 0 Å². The molecular formula is C27H18O6P3+3. The van der Waals surface area contributed by atoms with Crippen LogP contribution in [0.2, 0.25) is 0 Å². The zero-order chi connectivity index (χ0) is 25.7. The Hall–Kier alpha value is -3.81. The van der Waals surface area contributed by atoms with E-state index >= 15 is 0 Å². The molecule has 0 heterocycles. The van der Waals surface area contributed by atoms with E-state index in [1.807, 2.05) is 0 Å². The molecule has 3 unspecified atom stereocenters. The largest absolute Gasteiger partial charge is 0.458 e. The van der Waals surface area contributed by atoms with Crippen LogP contribution in [0.4, 0.5) is 0 Å². The quantitative estimate of drug-likeness (QED) is 0.262. The number of rotatable bonds is 9. The molecule has 0 aliphatic heterocycles. The monoisotopic (exact) mass is 531 g/mol. The summed E-state index contributed by atoms with van der Waals surface area (Å²) in [6.45, 7) is 0. The number of carbonyl (C=O) groups excluding carboxylic acids is 3. The first-order valence-electron chi connectivity index (χ1n) is 10.7. The minimum Gasteiger partial charge on any atom is -0.234 e. The molecule has 0 aliphatic rings. The molecule has 0 N–H and O–H groups in total. The van der Waals surface area contributed by atoms with Crippen molar-refractivity contribution in [1.82, 2.24) is 0 Å². The van der Waals surface area contributed by atoms with E-state index in [1.54, 1.807) is 54.6 Å².